The second-order valence-corrected chi connectivity index (χ2v) is 7.76. The third-order valence-electron chi connectivity index (χ3n) is 5.28. The number of rotatable bonds is 9. The van der Waals surface area contributed by atoms with Gasteiger partial charge in [0.25, 0.3) is 0 Å². The number of ether oxygens (including phenoxy) is 2. The van der Waals surface area contributed by atoms with Gasteiger partial charge < -0.3 is 14.8 Å². The van der Waals surface area contributed by atoms with Crippen LogP contribution in [0.5, 0.6) is 11.5 Å². The van der Waals surface area contributed by atoms with Crippen molar-refractivity contribution in [1.82, 2.24) is 15.1 Å². The molecule has 0 spiro atoms. The first-order valence-corrected chi connectivity index (χ1v) is 10.8. The second-order valence-electron chi connectivity index (χ2n) is 7.76. The van der Waals surface area contributed by atoms with Crippen LogP contribution in [0.15, 0.2) is 54.7 Å². The van der Waals surface area contributed by atoms with Crippen LogP contribution in [0.1, 0.15) is 47.8 Å². The van der Waals surface area contributed by atoms with Crippen molar-refractivity contribution in [1.29, 1.82) is 0 Å². The minimum Gasteiger partial charge on any atom is -0.496 e. The zero-order chi connectivity index (χ0) is 23.1. The molecular formula is C26H31N3O3. The van der Waals surface area contributed by atoms with Gasteiger partial charge in [-0.15, -0.1) is 0 Å². The van der Waals surface area contributed by atoms with Gasteiger partial charge >= 0.3 is 0 Å². The summed E-state index contributed by atoms with van der Waals surface area (Å²) in [4.78, 5) is 12.5. The average molecular weight is 434 g/mol. The third kappa shape index (κ3) is 6.00. The van der Waals surface area contributed by atoms with Crippen molar-refractivity contribution in [3.05, 3.63) is 82.7 Å². The van der Waals surface area contributed by atoms with E-state index < -0.39 is 0 Å². The second kappa shape index (κ2) is 10.7. The number of aromatic nitrogens is 2. The van der Waals surface area contributed by atoms with Gasteiger partial charge in [0, 0.05) is 29.9 Å². The Morgan fingerprint density at radius 1 is 1.19 bits per heavy atom. The van der Waals surface area contributed by atoms with E-state index in [0.29, 0.717) is 6.61 Å². The van der Waals surface area contributed by atoms with Gasteiger partial charge in [0.05, 0.1) is 18.8 Å². The molecule has 0 fully saturated rings. The molecule has 1 unspecified atom stereocenters. The minimum atomic E-state index is -0.158. The van der Waals surface area contributed by atoms with E-state index in [-0.39, 0.29) is 11.9 Å². The lowest BCUT2D eigenvalue weighted by Crippen LogP contribution is -2.24. The summed E-state index contributed by atoms with van der Waals surface area (Å²) in [5, 5.41) is 7.45. The summed E-state index contributed by atoms with van der Waals surface area (Å²) in [5.74, 6) is 1.39. The van der Waals surface area contributed by atoms with Crippen LogP contribution < -0.4 is 14.8 Å². The van der Waals surface area contributed by atoms with Crippen LogP contribution in [-0.4, -0.2) is 22.8 Å². The van der Waals surface area contributed by atoms with E-state index in [1.54, 1.807) is 19.3 Å². The molecule has 0 aliphatic heterocycles. The molecule has 0 aliphatic rings. The molecule has 0 bridgehead atoms. The van der Waals surface area contributed by atoms with E-state index in [9.17, 15) is 4.79 Å². The largest absolute Gasteiger partial charge is 0.496 e. The SMILES string of the molecule is CCn1cc(C(C)NC(=O)/C=C/c2ccc(OC)c(COc3ccc(C)cc3)c2)c(C)n1. The van der Waals surface area contributed by atoms with Crippen molar-refractivity contribution >= 4 is 12.0 Å². The minimum absolute atomic E-state index is 0.123. The molecule has 1 atom stereocenters. The summed E-state index contributed by atoms with van der Waals surface area (Å²) in [6.45, 7) is 9.17. The van der Waals surface area contributed by atoms with Gasteiger partial charge in [-0.1, -0.05) is 23.8 Å². The predicted octanol–water partition coefficient (Wildman–Crippen LogP) is 5.00. The molecule has 1 heterocycles. The van der Waals surface area contributed by atoms with Gasteiger partial charge in [-0.25, -0.2) is 0 Å². The maximum atomic E-state index is 12.5. The standard InChI is InChI=1S/C26H31N3O3/c1-6-29-16-24(20(4)28-29)19(3)27-26(30)14-10-21-9-13-25(31-5)22(15-21)17-32-23-11-7-18(2)8-12-23/h7-16,19H,6,17H2,1-5H3,(H,27,30)/b14-10+. The smallest absolute Gasteiger partial charge is 0.244 e. The highest BCUT2D eigenvalue weighted by Gasteiger charge is 2.13. The van der Waals surface area contributed by atoms with Gasteiger partial charge in [-0.05, 0) is 63.6 Å². The molecular weight excluding hydrogens is 402 g/mol. The summed E-state index contributed by atoms with van der Waals surface area (Å²) in [7, 11) is 1.64. The Morgan fingerprint density at radius 3 is 2.59 bits per heavy atom. The molecule has 2 aromatic carbocycles. The number of benzene rings is 2. The molecule has 32 heavy (non-hydrogen) atoms. The topological polar surface area (TPSA) is 65.4 Å². The highest BCUT2D eigenvalue weighted by Crippen LogP contribution is 2.23. The summed E-state index contributed by atoms with van der Waals surface area (Å²) < 4.78 is 13.2. The first-order valence-electron chi connectivity index (χ1n) is 10.8. The number of carbonyl (C=O) groups is 1. The molecule has 1 aromatic heterocycles. The maximum Gasteiger partial charge on any atom is 0.244 e. The fourth-order valence-corrected chi connectivity index (χ4v) is 3.44. The Hall–Kier alpha value is -3.54. The zero-order valence-electron chi connectivity index (χ0n) is 19.4. The van der Waals surface area contributed by atoms with Gasteiger partial charge in [0.1, 0.15) is 18.1 Å². The number of methoxy groups -OCH3 is 1. The Kier molecular flexibility index (Phi) is 7.71. The molecule has 3 rings (SSSR count). The number of nitrogens with zero attached hydrogens (tertiary/aromatic N) is 2. The molecule has 0 saturated carbocycles. The van der Waals surface area contributed by atoms with Crippen molar-refractivity contribution in [3.63, 3.8) is 0 Å². The Balaban J connectivity index is 1.65. The van der Waals surface area contributed by atoms with Crippen LogP contribution in [0.25, 0.3) is 6.08 Å². The quantitative estimate of drug-likeness (QED) is 0.483. The normalized spacial score (nSPS) is 12.0. The molecule has 0 saturated heterocycles. The zero-order valence-corrected chi connectivity index (χ0v) is 19.4. The summed E-state index contributed by atoms with van der Waals surface area (Å²) in [6.07, 6.45) is 5.31. The highest BCUT2D eigenvalue weighted by molar-refractivity contribution is 5.92. The van der Waals surface area contributed by atoms with Crippen molar-refractivity contribution in [2.75, 3.05) is 7.11 Å². The number of amides is 1. The Labute approximate surface area is 189 Å². The van der Waals surface area contributed by atoms with Gasteiger partial charge in [-0.3, -0.25) is 9.48 Å². The monoisotopic (exact) mass is 433 g/mol. The maximum absolute atomic E-state index is 12.5. The summed E-state index contributed by atoms with van der Waals surface area (Å²) in [5.41, 5.74) is 4.94. The number of hydrogen-bond acceptors (Lipinski definition) is 4. The van der Waals surface area contributed by atoms with E-state index in [1.165, 1.54) is 5.56 Å². The van der Waals surface area contributed by atoms with Crippen LogP contribution in [0.2, 0.25) is 0 Å². The number of aryl methyl sites for hydroxylation is 3. The van der Waals surface area contributed by atoms with E-state index in [4.69, 9.17) is 9.47 Å². The first kappa shape index (κ1) is 23.1. The van der Waals surface area contributed by atoms with Crippen molar-refractivity contribution in [2.24, 2.45) is 0 Å². The van der Waals surface area contributed by atoms with Gasteiger partial charge in [0.2, 0.25) is 5.91 Å². The van der Waals surface area contributed by atoms with Crippen LogP contribution in [0, 0.1) is 13.8 Å². The van der Waals surface area contributed by atoms with Crippen LogP contribution in [-0.2, 0) is 17.9 Å². The fourth-order valence-electron chi connectivity index (χ4n) is 3.44. The Morgan fingerprint density at radius 2 is 1.94 bits per heavy atom. The van der Waals surface area contributed by atoms with Crippen molar-refractivity contribution in [3.8, 4) is 11.5 Å². The van der Waals surface area contributed by atoms with Gasteiger partial charge in [0.15, 0.2) is 0 Å². The fraction of sp³-hybridized carbons (Fsp3) is 0.308. The lowest BCUT2D eigenvalue weighted by Gasteiger charge is -2.12. The lowest BCUT2D eigenvalue weighted by atomic mass is 10.1. The number of hydrogen-bond donors (Lipinski definition) is 1. The van der Waals surface area contributed by atoms with E-state index in [1.807, 2.05) is 81.0 Å². The molecule has 6 nitrogen and oxygen atoms in total. The predicted molar refractivity (Wildman–Crippen MR) is 127 cm³/mol. The van der Waals surface area contributed by atoms with Crippen LogP contribution >= 0.6 is 0 Å². The molecule has 168 valence electrons. The highest BCUT2D eigenvalue weighted by atomic mass is 16.5. The van der Waals surface area contributed by atoms with Crippen LogP contribution in [0.3, 0.4) is 0 Å². The third-order valence-corrected chi connectivity index (χ3v) is 5.28. The van der Waals surface area contributed by atoms with E-state index in [2.05, 4.69) is 10.4 Å². The molecule has 6 heteroatoms. The van der Waals surface area contributed by atoms with Crippen molar-refractivity contribution in [2.45, 2.75) is 46.9 Å². The molecule has 1 amide bonds. The lowest BCUT2D eigenvalue weighted by molar-refractivity contribution is -0.117. The van der Waals surface area contributed by atoms with Crippen molar-refractivity contribution < 1.29 is 14.3 Å². The Bertz CT molecular complexity index is 1080. The molecule has 0 radical (unpaired) electrons. The summed E-state index contributed by atoms with van der Waals surface area (Å²) >= 11 is 0. The van der Waals surface area contributed by atoms with E-state index >= 15 is 0 Å². The van der Waals surface area contributed by atoms with Gasteiger partial charge in [-0.2, -0.15) is 5.10 Å². The molecule has 0 aliphatic carbocycles. The summed E-state index contributed by atoms with van der Waals surface area (Å²) in [6, 6.07) is 13.6. The molecule has 3 aromatic rings. The first-order chi connectivity index (χ1) is 15.4. The van der Waals surface area contributed by atoms with Crippen LogP contribution in [0.4, 0.5) is 0 Å². The molecule has 1 N–H and O–H groups in total. The number of nitrogens with one attached hydrogen (secondary N) is 1. The average Bonchev–Trinajstić information content (AvgIpc) is 3.18. The van der Waals surface area contributed by atoms with E-state index in [0.717, 1.165) is 40.4 Å². The number of carbonyl (C=O) groups excluding carboxylic acids is 1.